The Balaban J connectivity index is 2.17. The Labute approximate surface area is 113 Å². The molecule has 1 atom stereocenters. The lowest BCUT2D eigenvalue weighted by molar-refractivity contribution is -0.121. The molecule has 0 spiro atoms. The topological polar surface area (TPSA) is 49.4 Å². The third-order valence-corrected chi connectivity index (χ3v) is 3.26. The van der Waals surface area contributed by atoms with Gasteiger partial charge in [-0.05, 0) is 24.1 Å². The van der Waals surface area contributed by atoms with Crippen molar-refractivity contribution >= 4 is 17.5 Å². The molecule has 4 heteroatoms. The molecular weight excluding hydrogens is 240 g/mol. The van der Waals surface area contributed by atoms with Crippen molar-refractivity contribution < 1.29 is 9.59 Å². The van der Waals surface area contributed by atoms with Crippen molar-refractivity contribution in [1.82, 2.24) is 5.32 Å². The van der Waals surface area contributed by atoms with E-state index in [2.05, 4.69) is 18.8 Å². The minimum absolute atomic E-state index is 0.157. The second-order valence-electron chi connectivity index (χ2n) is 4.54. The van der Waals surface area contributed by atoms with Crippen LogP contribution in [0.4, 0.5) is 5.69 Å². The predicted octanol–water partition coefficient (Wildman–Crippen LogP) is 1.66. The molecule has 1 N–H and O–H groups in total. The molecule has 0 bridgehead atoms. The van der Waals surface area contributed by atoms with E-state index in [1.165, 1.54) is 10.5 Å². The lowest BCUT2D eigenvalue weighted by Gasteiger charge is -2.15. The van der Waals surface area contributed by atoms with Crippen LogP contribution in [-0.4, -0.2) is 24.4 Å². The average Bonchev–Trinajstić information content (AvgIpc) is 2.71. The van der Waals surface area contributed by atoms with Crippen molar-refractivity contribution in [2.45, 2.75) is 25.8 Å². The summed E-state index contributed by atoms with van der Waals surface area (Å²) in [7, 11) is 0. The van der Waals surface area contributed by atoms with E-state index in [0.29, 0.717) is 12.2 Å². The van der Waals surface area contributed by atoms with Crippen LogP contribution in [0.25, 0.3) is 0 Å². The molecule has 100 valence electrons. The van der Waals surface area contributed by atoms with Crippen LogP contribution in [0.1, 0.15) is 18.9 Å². The van der Waals surface area contributed by atoms with Gasteiger partial charge in [-0.1, -0.05) is 25.1 Å². The predicted molar refractivity (Wildman–Crippen MR) is 74.9 cm³/mol. The van der Waals surface area contributed by atoms with Gasteiger partial charge in [0.15, 0.2) is 0 Å². The zero-order valence-electron chi connectivity index (χ0n) is 11.1. The standard InChI is InChI=1S/C15H18N2O2/c1-3-9-16-13-10-14(18)17(15(13)19)12-7-5-11(4-2)6-8-12/h3,5-8,13,16H,1,4,9-10H2,2H3/t13-/m1/s1. The zero-order valence-corrected chi connectivity index (χ0v) is 11.1. The minimum Gasteiger partial charge on any atom is -0.302 e. The van der Waals surface area contributed by atoms with E-state index in [9.17, 15) is 9.59 Å². The van der Waals surface area contributed by atoms with Gasteiger partial charge in [0, 0.05) is 6.54 Å². The van der Waals surface area contributed by atoms with Crippen molar-refractivity contribution in [2.24, 2.45) is 0 Å². The summed E-state index contributed by atoms with van der Waals surface area (Å²) in [6, 6.07) is 7.10. The highest BCUT2D eigenvalue weighted by atomic mass is 16.2. The number of carbonyl (C=O) groups is 2. The molecule has 1 aromatic carbocycles. The molecule has 1 saturated heterocycles. The van der Waals surface area contributed by atoms with Crippen LogP contribution in [0.5, 0.6) is 0 Å². The second-order valence-corrected chi connectivity index (χ2v) is 4.54. The molecule has 1 fully saturated rings. The smallest absolute Gasteiger partial charge is 0.251 e. The van der Waals surface area contributed by atoms with E-state index in [1.54, 1.807) is 6.08 Å². The summed E-state index contributed by atoms with van der Waals surface area (Å²) in [6.07, 6.45) is 2.82. The summed E-state index contributed by atoms with van der Waals surface area (Å²) in [5.41, 5.74) is 1.83. The van der Waals surface area contributed by atoms with Crippen LogP contribution in [0, 0.1) is 0 Å². The molecule has 1 aromatic rings. The summed E-state index contributed by atoms with van der Waals surface area (Å²) >= 11 is 0. The molecule has 0 aromatic heterocycles. The van der Waals surface area contributed by atoms with Crippen molar-refractivity contribution in [2.75, 3.05) is 11.4 Å². The number of hydrogen-bond donors (Lipinski definition) is 1. The number of nitrogens with zero attached hydrogens (tertiary/aromatic N) is 1. The Morgan fingerprint density at radius 2 is 2.05 bits per heavy atom. The summed E-state index contributed by atoms with van der Waals surface area (Å²) in [5.74, 6) is -0.341. The molecule has 19 heavy (non-hydrogen) atoms. The zero-order chi connectivity index (χ0) is 13.8. The van der Waals surface area contributed by atoms with Crippen molar-refractivity contribution in [3.8, 4) is 0 Å². The first-order chi connectivity index (χ1) is 9.17. The Bertz CT molecular complexity index is 493. The number of aryl methyl sites for hydroxylation is 1. The van der Waals surface area contributed by atoms with Gasteiger partial charge in [-0.2, -0.15) is 0 Å². The second kappa shape index (κ2) is 5.80. The van der Waals surface area contributed by atoms with Crippen LogP contribution in [0.3, 0.4) is 0 Å². The summed E-state index contributed by atoms with van der Waals surface area (Å²) in [6.45, 7) is 6.18. The summed E-state index contributed by atoms with van der Waals surface area (Å²) in [5, 5.41) is 3.00. The van der Waals surface area contributed by atoms with E-state index in [0.717, 1.165) is 6.42 Å². The first kappa shape index (κ1) is 13.5. The summed E-state index contributed by atoms with van der Waals surface area (Å²) in [4.78, 5) is 25.4. The lowest BCUT2D eigenvalue weighted by Crippen LogP contribution is -2.38. The monoisotopic (exact) mass is 258 g/mol. The molecule has 2 rings (SSSR count). The van der Waals surface area contributed by atoms with Gasteiger partial charge in [0.25, 0.3) is 5.91 Å². The van der Waals surface area contributed by atoms with Gasteiger partial charge in [-0.25, -0.2) is 4.90 Å². The maximum atomic E-state index is 12.2. The Morgan fingerprint density at radius 3 is 2.63 bits per heavy atom. The average molecular weight is 258 g/mol. The Morgan fingerprint density at radius 1 is 1.37 bits per heavy atom. The van der Waals surface area contributed by atoms with Gasteiger partial charge in [0.05, 0.1) is 18.2 Å². The van der Waals surface area contributed by atoms with Crippen LogP contribution < -0.4 is 10.2 Å². The SMILES string of the molecule is C=CCN[C@@H]1CC(=O)N(c2ccc(CC)cc2)C1=O. The number of anilines is 1. The van der Waals surface area contributed by atoms with Gasteiger partial charge >= 0.3 is 0 Å². The van der Waals surface area contributed by atoms with Crippen LogP contribution in [-0.2, 0) is 16.0 Å². The number of amides is 2. The summed E-state index contributed by atoms with van der Waals surface area (Å²) < 4.78 is 0. The normalized spacial score (nSPS) is 19.0. The number of imide groups is 1. The first-order valence-corrected chi connectivity index (χ1v) is 6.47. The number of hydrogen-bond acceptors (Lipinski definition) is 3. The minimum atomic E-state index is -0.434. The fraction of sp³-hybridized carbons (Fsp3) is 0.333. The molecule has 1 aliphatic heterocycles. The third-order valence-electron chi connectivity index (χ3n) is 3.26. The van der Waals surface area contributed by atoms with Crippen LogP contribution >= 0.6 is 0 Å². The van der Waals surface area contributed by atoms with Crippen LogP contribution in [0.2, 0.25) is 0 Å². The number of nitrogens with one attached hydrogen (secondary N) is 1. The van der Waals surface area contributed by atoms with E-state index >= 15 is 0 Å². The Kier molecular flexibility index (Phi) is 4.12. The van der Waals surface area contributed by atoms with Gasteiger partial charge in [-0.3, -0.25) is 9.59 Å². The molecule has 0 unspecified atom stereocenters. The van der Waals surface area contributed by atoms with E-state index in [-0.39, 0.29) is 18.2 Å². The number of rotatable bonds is 5. The van der Waals surface area contributed by atoms with Gasteiger partial charge < -0.3 is 5.32 Å². The fourth-order valence-electron chi connectivity index (χ4n) is 2.17. The Hall–Kier alpha value is -1.94. The van der Waals surface area contributed by atoms with E-state index in [4.69, 9.17) is 0 Å². The van der Waals surface area contributed by atoms with Crippen molar-refractivity contribution in [3.63, 3.8) is 0 Å². The molecule has 0 aliphatic carbocycles. The number of carbonyl (C=O) groups excluding carboxylic acids is 2. The third kappa shape index (κ3) is 2.74. The lowest BCUT2D eigenvalue weighted by atomic mass is 10.1. The number of benzene rings is 1. The maximum absolute atomic E-state index is 12.2. The fourth-order valence-corrected chi connectivity index (χ4v) is 2.17. The maximum Gasteiger partial charge on any atom is 0.251 e. The van der Waals surface area contributed by atoms with Crippen molar-refractivity contribution in [1.29, 1.82) is 0 Å². The van der Waals surface area contributed by atoms with Gasteiger partial charge in [0.2, 0.25) is 5.91 Å². The molecular formula is C15H18N2O2. The molecule has 1 heterocycles. The van der Waals surface area contributed by atoms with Crippen molar-refractivity contribution in [3.05, 3.63) is 42.5 Å². The molecule has 0 saturated carbocycles. The largest absolute Gasteiger partial charge is 0.302 e. The highest BCUT2D eigenvalue weighted by Crippen LogP contribution is 2.23. The van der Waals surface area contributed by atoms with Crippen LogP contribution in [0.15, 0.2) is 36.9 Å². The molecule has 1 aliphatic rings. The first-order valence-electron chi connectivity index (χ1n) is 6.47. The van der Waals surface area contributed by atoms with Gasteiger partial charge in [0.1, 0.15) is 0 Å². The van der Waals surface area contributed by atoms with E-state index in [1.807, 2.05) is 24.3 Å². The van der Waals surface area contributed by atoms with Gasteiger partial charge in [-0.15, -0.1) is 6.58 Å². The highest BCUT2D eigenvalue weighted by Gasteiger charge is 2.38. The quantitative estimate of drug-likeness (QED) is 0.645. The molecule has 2 amide bonds. The molecule has 4 nitrogen and oxygen atoms in total. The van der Waals surface area contributed by atoms with E-state index < -0.39 is 6.04 Å². The molecule has 0 radical (unpaired) electrons. The highest BCUT2D eigenvalue weighted by molar-refractivity contribution is 6.22.